The lowest BCUT2D eigenvalue weighted by atomic mass is 10.2. The molecule has 1 fully saturated rings. The molecule has 0 spiro atoms. The molecule has 0 amide bonds. The Hall–Kier alpha value is -2.00. The zero-order valence-corrected chi connectivity index (χ0v) is 19.9. The van der Waals surface area contributed by atoms with Crippen molar-refractivity contribution in [2.24, 2.45) is 0 Å². The van der Waals surface area contributed by atoms with E-state index in [1.165, 1.54) is 12.1 Å². The number of halogens is 3. The molecule has 1 aliphatic heterocycles. The SMILES string of the molecule is Fc1ccc(CN2CCN(C(=S)Nc3nn(Cc4ccccc4Cl)cc3Br)CC2)cc1. The normalized spacial score (nSPS) is 14.6. The Labute approximate surface area is 199 Å². The highest BCUT2D eigenvalue weighted by atomic mass is 79.9. The van der Waals surface area contributed by atoms with E-state index in [-0.39, 0.29) is 5.82 Å². The maximum atomic E-state index is 13.1. The van der Waals surface area contributed by atoms with Gasteiger partial charge in [0.25, 0.3) is 0 Å². The standard InChI is InChI=1S/C22H22BrClFN5S/c23-19-15-30(14-17-3-1-2-4-20(17)24)27-21(19)26-22(31)29-11-9-28(10-12-29)13-16-5-7-18(25)8-6-16/h1-8,15H,9-14H2,(H,26,27,31). The van der Waals surface area contributed by atoms with Gasteiger partial charge < -0.3 is 10.2 Å². The average Bonchev–Trinajstić information content (AvgIpc) is 3.10. The smallest absolute Gasteiger partial charge is 0.174 e. The van der Waals surface area contributed by atoms with Crippen LogP contribution in [-0.2, 0) is 13.1 Å². The number of hydrogen-bond acceptors (Lipinski definition) is 3. The molecule has 0 unspecified atom stereocenters. The molecule has 162 valence electrons. The van der Waals surface area contributed by atoms with Crippen molar-refractivity contribution in [2.45, 2.75) is 13.1 Å². The predicted molar refractivity (Wildman–Crippen MR) is 130 cm³/mol. The van der Waals surface area contributed by atoms with E-state index in [0.29, 0.717) is 17.5 Å². The van der Waals surface area contributed by atoms with E-state index < -0.39 is 0 Å². The average molecular weight is 523 g/mol. The van der Waals surface area contributed by atoms with E-state index in [9.17, 15) is 4.39 Å². The highest BCUT2D eigenvalue weighted by Gasteiger charge is 2.20. The third kappa shape index (κ3) is 5.83. The molecule has 2 aromatic carbocycles. The van der Waals surface area contributed by atoms with Crippen LogP contribution in [0.5, 0.6) is 0 Å². The summed E-state index contributed by atoms with van der Waals surface area (Å²) in [7, 11) is 0. The molecule has 1 aromatic heterocycles. The summed E-state index contributed by atoms with van der Waals surface area (Å²) >= 11 is 15.4. The Balaban J connectivity index is 1.30. The second-order valence-electron chi connectivity index (χ2n) is 7.43. The highest BCUT2D eigenvalue weighted by molar-refractivity contribution is 9.10. The zero-order valence-electron chi connectivity index (χ0n) is 16.8. The quantitative estimate of drug-likeness (QED) is 0.477. The molecule has 0 aliphatic carbocycles. The number of thiocarbonyl (C=S) groups is 1. The molecule has 0 atom stereocenters. The van der Waals surface area contributed by atoms with Gasteiger partial charge >= 0.3 is 0 Å². The first-order valence-electron chi connectivity index (χ1n) is 9.97. The van der Waals surface area contributed by atoms with Crippen molar-refractivity contribution < 1.29 is 4.39 Å². The van der Waals surface area contributed by atoms with Crippen LogP contribution in [0.15, 0.2) is 59.2 Å². The number of piperazine rings is 1. The van der Waals surface area contributed by atoms with Crippen molar-refractivity contribution in [1.29, 1.82) is 0 Å². The van der Waals surface area contributed by atoms with E-state index in [1.807, 2.05) is 47.3 Å². The highest BCUT2D eigenvalue weighted by Crippen LogP contribution is 2.23. The number of rotatable bonds is 5. The van der Waals surface area contributed by atoms with Crippen LogP contribution in [0.2, 0.25) is 5.02 Å². The van der Waals surface area contributed by atoms with Crippen LogP contribution >= 0.6 is 39.7 Å². The molecule has 0 radical (unpaired) electrons. The van der Waals surface area contributed by atoms with Gasteiger partial charge in [-0.3, -0.25) is 9.58 Å². The number of aromatic nitrogens is 2. The number of nitrogens with one attached hydrogen (secondary N) is 1. The summed E-state index contributed by atoms with van der Waals surface area (Å²) in [6, 6.07) is 14.4. The maximum Gasteiger partial charge on any atom is 0.174 e. The summed E-state index contributed by atoms with van der Waals surface area (Å²) in [5.41, 5.74) is 2.12. The Morgan fingerprint density at radius 3 is 2.48 bits per heavy atom. The summed E-state index contributed by atoms with van der Waals surface area (Å²) in [4.78, 5) is 4.50. The van der Waals surface area contributed by atoms with Gasteiger partial charge in [0.1, 0.15) is 5.82 Å². The van der Waals surface area contributed by atoms with Crippen LogP contribution in [0.1, 0.15) is 11.1 Å². The van der Waals surface area contributed by atoms with E-state index in [0.717, 1.165) is 53.3 Å². The molecular formula is C22H22BrClFN5S. The first-order valence-corrected chi connectivity index (χ1v) is 11.5. The van der Waals surface area contributed by atoms with Crippen LogP contribution in [0.4, 0.5) is 10.2 Å². The number of nitrogens with zero attached hydrogens (tertiary/aromatic N) is 4. The molecule has 31 heavy (non-hydrogen) atoms. The Bertz CT molecular complexity index is 1050. The molecule has 4 rings (SSSR count). The fourth-order valence-electron chi connectivity index (χ4n) is 3.50. The summed E-state index contributed by atoms with van der Waals surface area (Å²) in [6.07, 6.45) is 1.91. The molecule has 0 saturated carbocycles. The molecule has 1 aliphatic rings. The van der Waals surface area contributed by atoms with Crippen LogP contribution in [0, 0.1) is 5.82 Å². The fourth-order valence-corrected chi connectivity index (χ4v) is 4.39. The fraction of sp³-hybridized carbons (Fsp3) is 0.273. The third-order valence-corrected chi connectivity index (χ3v) is 6.52. The Morgan fingerprint density at radius 1 is 1.06 bits per heavy atom. The Kier molecular flexibility index (Phi) is 7.22. The minimum absolute atomic E-state index is 0.203. The van der Waals surface area contributed by atoms with Crippen molar-refractivity contribution in [1.82, 2.24) is 19.6 Å². The van der Waals surface area contributed by atoms with Crippen LogP contribution in [0.25, 0.3) is 0 Å². The van der Waals surface area contributed by atoms with Crippen LogP contribution < -0.4 is 5.32 Å². The third-order valence-electron chi connectivity index (χ3n) is 5.21. The topological polar surface area (TPSA) is 36.3 Å². The first kappa shape index (κ1) is 22.2. The van der Waals surface area contributed by atoms with E-state index >= 15 is 0 Å². The minimum Gasteiger partial charge on any atom is -0.346 e. The van der Waals surface area contributed by atoms with E-state index in [1.54, 1.807) is 0 Å². The predicted octanol–water partition coefficient (Wildman–Crippen LogP) is 5.00. The van der Waals surface area contributed by atoms with Crippen molar-refractivity contribution >= 4 is 50.7 Å². The van der Waals surface area contributed by atoms with Crippen molar-refractivity contribution in [2.75, 3.05) is 31.5 Å². The van der Waals surface area contributed by atoms with Gasteiger partial charge in [-0.05, 0) is 57.5 Å². The Morgan fingerprint density at radius 2 is 1.77 bits per heavy atom. The summed E-state index contributed by atoms with van der Waals surface area (Å²) < 4.78 is 15.8. The number of hydrogen-bond donors (Lipinski definition) is 1. The lowest BCUT2D eigenvalue weighted by Crippen LogP contribution is -2.49. The second kappa shape index (κ2) is 10.1. The van der Waals surface area contributed by atoms with Gasteiger partial charge in [0.15, 0.2) is 10.9 Å². The van der Waals surface area contributed by atoms with Gasteiger partial charge in [-0.15, -0.1) is 0 Å². The van der Waals surface area contributed by atoms with Crippen molar-refractivity contribution in [3.8, 4) is 0 Å². The molecule has 5 nitrogen and oxygen atoms in total. The number of benzene rings is 2. The summed E-state index contributed by atoms with van der Waals surface area (Å²) in [5, 5.41) is 9.24. The van der Waals surface area contributed by atoms with E-state index in [2.05, 4.69) is 36.1 Å². The van der Waals surface area contributed by atoms with Crippen LogP contribution in [0.3, 0.4) is 0 Å². The van der Waals surface area contributed by atoms with Gasteiger partial charge in [0, 0.05) is 43.9 Å². The zero-order chi connectivity index (χ0) is 21.8. The van der Waals surface area contributed by atoms with Gasteiger partial charge in [-0.2, -0.15) is 5.10 Å². The van der Waals surface area contributed by atoms with Gasteiger partial charge in [-0.1, -0.05) is 41.9 Å². The lowest BCUT2D eigenvalue weighted by Gasteiger charge is -2.36. The molecule has 2 heterocycles. The first-order chi connectivity index (χ1) is 15.0. The lowest BCUT2D eigenvalue weighted by molar-refractivity contribution is 0.177. The van der Waals surface area contributed by atoms with Gasteiger partial charge in [0.05, 0.1) is 11.0 Å². The van der Waals surface area contributed by atoms with Gasteiger partial charge in [0.2, 0.25) is 0 Å². The molecule has 9 heteroatoms. The van der Waals surface area contributed by atoms with Crippen molar-refractivity contribution in [3.63, 3.8) is 0 Å². The number of anilines is 1. The molecule has 3 aromatic rings. The van der Waals surface area contributed by atoms with Gasteiger partial charge in [-0.25, -0.2) is 4.39 Å². The monoisotopic (exact) mass is 521 g/mol. The summed E-state index contributed by atoms with van der Waals surface area (Å²) in [5.74, 6) is 0.483. The summed E-state index contributed by atoms with van der Waals surface area (Å²) in [6.45, 7) is 4.82. The van der Waals surface area contributed by atoms with Crippen molar-refractivity contribution in [3.05, 3.63) is 81.2 Å². The molecular weight excluding hydrogens is 501 g/mol. The van der Waals surface area contributed by atoms with E-state index in [4.69, 9.17) is 23.8 Å². The second-order valence-corrected chi connectivity index (χ2v) is 9.08. The largest absolute Gasteiger partial charge is 0.346 e. The molecule has 1 saturated heterocycles. The maximum absolute atomic E-state index is 13.1. The minimum atomic E-state index is -0.203. The molecule has 0 bridgehead atoms. The molecule has 1 N–H and O–H groups in total. The van der Waals surface area contributed by atoms with Crippen LogP contribution in [-0.4, -0.2) is 50.9 Å².